The number of hydrogen-bond acceptors (Lipinski definition) is 3. The Bertz CT molecular complexity index is 464. The zero-order chi connectivity index (χ0) is 13.3. The van der Waals surface area contributed by atoms with Crippen LogP contribution in [0.3, 0.4) is 0 Å². The molecule has 0 aliphatic carbocycles. The van der Waals surface area contributed by atoms with E-state index in [9.17, 15) is 9.90 Å². The van der Waals surface area contributed by atoms with Gasteiger partial charge in [0.15, 0.2) is 0 Å². The van der Waals surface area contributed by atoms with E-state index < -0.39 is 5.97 Å². The molecule has 1 saturated heterocycles. The van der Waals surface area contributed by atoms with Crippen molar-refractivity contribution in [2.45, 2.75) is 20.3 Å². The van der Waals surface area contributed by atoms with E-state index in [0.717, 1.165) is 28.8 Å². The molecular weight excluding hydrogens is 296 g/mol. The van der Waals surface area contributed by atoms with E-state index in [1.54, 1.807) is 6.20 Å². The summed E-state index contributed by atoms with van der Waals surface area (Å²) in [5, 5.41) is 9.19. The SMILES string of the molecule is Cc1ccnc(N2CC(C)CC(C(=O)O)C2)c1Br. The molecule has 2 atom stereocenters. The number of anilines is 1. The number of aryl methyl sites for hydroxylation is 1. The van der Waals surface area contributed by atoms with Gasteiger partial charge in [-0.25, -0.2) is 4.98 Å². The summed E-state index contributed by atoms with van der Waals surface area (Å²) in [6.07, 6.45) is 2.51. The van der Waals surface area contributed by atoms with Gasteiger partial charge in [-0.15, -0.1) is 0 Å². The maximum atomic E-state index is 11.2. The van der Waals surface area contributed by atoms with E-state index in [1.165, 1.54) is 0 Å². The minimum absolute atomic E-state index is 0.303. The fourth-order valence-corrected chi connectivity index (χ4v) is 2.94. The largest absolute Gasteiger partial charge is 0.481 e. The Kier molecular flexibility index (Phi) is 3.90. The van der Waals surface area contributed by atoms with Crippen molar-refractivity contribution in [2.24, 2.45) is 11.8 Å². The predicted molar refractivity (Wildman–Crippen MR) is 73.8 cm³/mol. The van der Waals surface area contributed by atoms with Gasteiger partial charge in [0.25, 0.3) is 0 Å². The van der Waals surface area contributed by atoms with Gasteiger partial charge in [-0.3, -0.25) is 4.79 Å². The van der Waals surface area contributed by atoms with E-state index in [0.29, 0.717) is 12.5 Å². The second-order valence-corrected chi connectivity index (χ2v) is 5.84. The lowest BCUT2D eigenvalue weighted by atomic mass is 9.90. The quantitative estimate of drug-likeness (QED) is 0.912. The summed E-state index contributed by atoms with van der Waals surface area (Å²) in [6.45, 7) is 5.50. The Morgan fingerprint density at radius 1 is 1.56 bits per heavy atom. The third-order valence-electron chi connectivity index (χ3n) is 3.37. The molecule has 2 heterocycles. The molecule has 0 saturated carbocycles. The molecule has 4 nitrogen and oxygen atoms in total. The molecule has 1 N–H and O–H groups in total. The van der Waals surface area contributed by atoms with Crippen molar-refractivity contribution in [1.82, 2.24) is 4.98 Å². The van der Waals surface area contributed by atoms with Crippen molar-refractivity contribution in [1.29, 1.82) is 0 Å². The van der Waals surface area contributed by atoms with Gasteiger partial charge in [-0.1, -0.05) is 6.92 Å². The summed E-state index contributed by atoms with van der Waals surface area (Å²) >= 11 is 3.54. The molecule has 0 radical (unpaired) electrons. The molecule has 1 fully saturated rings. The van der Waals surface area contributed by atoms with Crippen LogP contribution < -0.4 is 4.90 Å². The molecule has 2 unspecified atom stereocenters. The van der Waals surface area contributed by atoms with Gasteiger partial charge in [0, 0.05) is 19.3 Å². The number of nitrogens with zero attached hydrogens (tertiary/aromatic N) is 2. The fraction of sp³-hybridized carbons (Fsp3) is 0.538. The Balaban J connectivity index is 2.27. The van der Waals surface area contributed by atoms with Gasteiger partial charge >= 0.3 is 5.97 Å². The van der Waals surface area contributed by atoms with Gasteiger partial charge in [0.1, 0.15) is 5.82 Å². The van der Waals surface area contributed by atoms with E-state index in [-0.39, 0.29) is 5.92 Å². The first-order chi connectivity index (χ1) is 8.49. The number of carbonyl (C=O) groups is 1. The normalized spacial score (nSPS) is 24.1. The molecule has 1 aromatic heterocycles. The molecule has 0 spiro atoms. The number of piperidine rings is 1. The molecule has 18 heavy (non-hydrogen) atoms. The average Bonchev–Trinajstić information content (AvgIpc) is 2.31. The lowest BCUT2D eigenvalue weighted by Crippen LogP contribution is -2.43. The lowest BCUT2D eigenvalue weighted by Gasteiger charge is -2.36. The average molecular weight is 313 g/mol. The minimum Gasteiger partial charge on any atom is -0.481 e. The van der Waals surface area contributed by atoms with Crippen molar-refractivity contribution in [2.75, 3.05) is 18.0 Å². The van der Waals surface area contributed by atoms with Gasteiger partial charge in [0.2, 0.25) is 0 Å². The second kappa shape index (κ2) is 5.26. The molecular formula is C13H17BrN2O2. The van der Waals surface area contributed by atoms with Gasteiger partial charge in [-0.05, 0) is 46.8 Å². The van der Waals surface area contributed by atoms with E-state index in [4.69, 9.17) is 0 Å². The smallest absolute Gasteiger partial charge is 0.308 e. The lowest BCUT2D eigenvalue weighted by molar-refractivity contribution is -0.142. The van der Waals surface area contributed by atoms with E-state index in [1.807, 2.05) is 13.0 Å². The van der Waals surface area contributed by atoms with E-state index >= 15 is 0 Å². The maximum absolute atomic E-state index is 11.2. The first kappa shape index (κ1) is 13.3. The summed E-state index contributed by atoms with van der Waals surface area (Å²) in [4.78, 5) is 17.6. The van der Waals surface area contributed by atoms with Crippen LogP contribution in [0.4, 0.5) is 5.82 Å². The van der Waals surface area contributed by atoms with Crippen LogP contribution in [0.1, 0.15) is 18.9 Å². The molecule has 0 bridgehead atoms. The first-order valence-electron chi connectivity index (χ1n) is 6.08. The Morgan fingerprint density at radius 2 is 2.28 bits per heavy atom. The molecule has 98 valence electrons. The summed E-state index contributed by atoms with van der Waals surface area (Å²) in [6, 6.07) is 1.94. The summed E-state index contributed by atoms with van der Waals surface area (Å²) in [5.74, 6) is 0.208. The van der Waals surface area contributed by atoms with Gasteiger partial charge in [-0.2, -0.15) is 0 Å². The summed E-state index contributed by atoms with van der Waals surface area (Å²) in [7, 11) is 0. The van der Waals surface area contributed by atoms with Crippen LogP contribution in [0, 0.1) is 18.8 Å². The molecule has 1 aliphatic heterocycles. The van der Waals surface area contributed by atoms with Crippen molar-refractivity contribution in [3.05, 3.63) is 22.3 Å². The monoisotopic (exact) mass is 312 g/mol. The molecule has 5 heteroatoms. The Morgan fingerprint density at radius 3 is 2.94 bits per heavy atom. The van der Waals surface area contributed by atoms with Gasteiger partial charge in [0.05, 0.1) is 10.4 Å². The molecule has 0 amide bonds. The highest BCUT2D eigenvalue weighted by Gasteiger charge is 2.30. The van der Waals surface area contributed by atoms with Crippen LogP contribution in [0.15, 0.2) is 16.7 Å². The summed E-state index contributed by atoms with van der Waals surface area (Å²) < 4.78 is 0.961. The van der Waals surface area contributed by atoms with Crippen LogP contribution >= 0.6 is 15.9 Å². The van der Waals surface area contributed by atoms with Crippen LogP contribution in [0.2, 0.25) is 0 Å². The highest BCUT2D eigenvalue weighted by Crippen LogP contribution is 2.31. The number of rotatable bonds is 2. The van der Waals surface area contributed by atoms with E-state index in [2.05, 4.69) is 32.7 Å². The zero-order valence-corrected chi connectivity index (χ0v) is 12.1. The van der Waals surface area contributed by atoms with Crippen LogP contribution in [-0.2, 0) is 4.79 Å². The Labute approximate surface area is 115 Å². The fourth-order valence-electron chi connectivity index (χ4n) is 2.45. The molecule has 1 aromatic rings. The number of halogens is 1. The number of pyridine rings is 1. The minimum atomic E-state index is -0.713. The first-order valence-corrected chi connectivity index (χ1v) is 6.87. The van der Waals surface area contributed by atoms with Crippen LogP contribution in [0.5, 0.6) is 0 Å². The van der Waals surface area contributed by atoms with Crippen LogP contribution in [0.25, 0.3) is 0 Å². The highest BCUT2D eigenvalue weighted by atomic mass is 79.9. The third-order valence-corrected chi connectivity index (χ3v) is 4.35. The second-order valence-electron chi connectivity index (χ2n) is 5.05. The number of carboxylic acids is 1. The number of carboxylic acid groups (broad SMARTS) is 1. The number of hydrogen-bond donors (Lipinski definition) is 1. The third kappa shape index (κ3) is 2.66. The van der Waals surface area contributed by atoms with Crippen molar-refractivity contribution in [3.63, 3.8) is 0 Å². The molecule has 1 aliphatic rings. The highest BCUT2D eigenvalue weighted by molar-refractivity contribution is 9.10. The Hall–Kier alpha value is -1.10. The van der Waals surface area contributed by atoms with Crippen LogP contribution in [-0.4, -0.2) is 29.1 Å². The van der Waals surface area contributed by atoms with Crippen molar-refractivity contribution < 1.29 is 9.90 Å². The topological polar surface area (TPSA) is 53.4 Å². The molecule has 2 rings (SSSR count). The molecule has 0 aromatic carbocycles. The number of aromatic nitrogens is 1. The maximum Gasteiger partial charge on any atom is 0.308 e. The predicted octanol–water partition coefficient (Wildman–Crippen LogP) is 2.70. The summed E-state index contributed by atoms with van der Waals surface area (Å²) in [5.41, 5.74) is 1.12. The standard InChI is InChI=1S/C13H17BrN2O2/c1-8-5-10(13(17)18)7-16(6-8)12-11(14)9(2)3-4-15-12/h3-4,8,10H,5-7H2,1-2H3,(H,17,18). The van der Waals surface area contributed by atoms with Crippen molar-refractivity contribution in [3.8, 4) is 0 Å². The van der Waals surface area contributed by atoms with Crippen molar-refractivity contribution >= 4 is 27.7 Å². The van der Waals surface area contributed by atoms with Gasteiger partial charge < -0.3 is 10.0 Å². The zero-order valence-electron chi connectivity index (χ0n) is 10.6. The number of aliphatic carboxylic acids is 1.